The van der Waals surface area contributed by atoms with Crippen LogP contribution >= 0.6 is 0 Å². The molecule has 0 unspecified atom stereocenters. The van der Waals surface area contributed by atoms with E-state index in [1.54, 1.807) is 12.1 Å². The lowest BCUT2D eigenvalue weighted by atomic mass is 10.0. The van der Waals surface area contributed by atoms with Crippen LogP contribution in [0.15, 0.2) is 48.5 Å². The topological polar surface area (TPSA) is 76.0 Å². The summed E-state index contributed by atoms with van der Waals surface area (Å²) >= 11 is 0. The number of pyridine rings is 2. The molecular weight excluding hydrogens is 510 g/mol. The standard InChI is InChI=1S/C34H43N5O2/c1-2-3-22-39(31-16-12-27-25(10-14-29(40)33(27)35-31)23-37-18-6-4-7-19-37)32-17-13-28-26(11-15-30(41)34(28)36-32)24-38-20-8-5-9-21-38/h10-17,40-41H,2-9,18-24H2,1H3. The van der Waals surface area contributed by atoms with Crippen LogP contribution in [0.2, 0.25) is 0 Å². The largest absolute Gasteiger partial charge is 0.506 e. The molecule has 0 spiro atoms. The Morgan fingerprint density at radius 2 is 1.10 bits per heavy atom. The molecule has 6 rings (SSSR count). The highest BCUT2D eigenvalue weighted by atomic mass is 16.3. The summed E-state index contributed by atoms with van der Waals surface area (Å²) < 4.78 is 0. The Labute approximate surface area is 243 Å². The van der Waals surface area contributed by atoms with Crippen molar-refractivity contribution in [2.75, 3.05) is 37.6 Å². The number of rotatable bonds is 9. The van der Waals surface area contributed by atoms with Crippen molar-refractivity contribution >= 4 is 33.4 Å². The second kappa shape index (κ2) is 12.6. The second-order valence-corrected chi connectivity index (χ2v) is 11.8. The normalized spacial score (nSPS) is 16.9. The first-order chi connectivity index (χ1) is 20.1. The van der Waals surface area contributed by atoms with Crippen molar-refractivity contribution in [1.82, 2.24) is 19.8 Å². The summed E-state index contributed by atoms with van der Waals surface area (Å²) in [4.78, 5) is 17.1. The monoisotopic (exact) mass is 553 g/mol. The van der Waals surface area contributed by atoms with Crippen LogP contribution in [0.5, 0.6) is 11.5 Å². The molecule has 2 aliphatic rings. The van der Waals surface area contributed by atoms with Gasteiger partial charge in [0.15, 0.2) is 0 Å². The number of benzene rings is 2. The number of fused-ring (bicyclic) bond motifs is 2. The number of nitrogens with zero attached hydrogens (tertiary/aromatic N) is 5. The second-order valence-electron chi connectivity index (χ2n) is 11.8. The Hall–Kier alpha value is -3.42. The van der Waals surface area contributed by atoms with Gasteiger partial charge in [0.05, 0.1) is 0 Å². The highest BCUT2D eigenvalue weighted by Crippen LogP contribution is 2.34. The van der Waals surface area contributed by atoms with Gasteiger partial charge >= 0.3 is 0 Å². The number of likely N-dealkylation sites (tertiary alicyclic amines) is 2. The van der Waals surface area contributed by atoms with E-state index in [0.29, 0.717) is 11.0 Å². The molecule has 41 heavy (non-hydrogen) atoms. The van der Waals surface area contributed by atoms with Gasteiger partial charge in [-0.05, 0) is 106 Å². The molecule has 0 amide bonds. The van der Waals surface area contributed by atoms with Gasteiger partial charge in [-0.1, -0.05) is 38.3 Å². The fourth-order valence-electron chi connectivity index (χ4n) is 6.46. The van der Waals surface area contributed by atoms with E-state index in [2.05, 4.69) is 45.9 Å². The molecule has 216 valence electrons. The maximum Gasteiger partial charge on any atom is 0.141 e. The summed E-state index contributed by atoms with van der Waals surface area (Å²) in [5.41, 5.74) is 3.67. The van der Waals surface area contributed by atoms with E-state index in [-0.39, 0.29) is 11.5 Å². The Kier molecular flexibility index (Phi) is 8.54. The van der Waals surface area contributed by atoms with E-state index in [9.17, 15) is 10.2 Å². The average molecular weight is 554 g/mol. The SMILES string of the molecule is CCCCN(c1ccc2c(CN3CCCCC3)ccc(O)c2n1)c1ccc2c(CN3CCCCC3)ccc(O)c2n1. The molecule has 7 nitrogen and oxygen atoms in total. The Balaban J connectivity index is 1.35. The third kappa shape index (κ3) is 6.11. The van der Waals surface area contributed by atoms with E-state index < -0.39 is 0 Å². The minimum absolute atomic E-state index is 0.200. The lowest BCUT2D eigenvalue weighted by Crippen LogP contribution is -2.29. The van der Waals surface area contributed by atoms with Crippen molar-refractivity contribution in [3.05, 3.63) is 59.7 Å². The quantitative estimate of drug-likeness (QED) is 0.229. The maximum absolute atomic E-state index is 10.8. The van der Waals surface area contributed by atoms with E-state index in [1.807, 2.05) is 12.1 Å². The van der Waals surface area contributed by atoms with Crippen LogP contribution in [0, 0.1) is 0 Å². The first kappa shape index (κ1) is 27.7. The third-order valence-corrected chi connectivity index (χ3v) is 8.80. The van der Waals surface area contributed by atoms with Gasteiger partial charge in [-0.25, -0.2) is 9.97 Å². The molecule has 2 fully saturated rings. The number of unbranched alkanes of at least 4 members (excludes halogenated alkanes) is 1. The van der Waals surface area contributed by atoms with Crippen molar-refractivity contribution in [2.45, 2.75) is 71.4 Å². The molecule has 0 saturated carbocycles. The van der Waals surface area contributed by atoms with E-state index >= 15 is 0 Å². The number of anilines is 2. The number of hydrogen-bond donors (Lipinski definition) is 2. The van der Waals surface area contributed by atoms with Gasteiger partial charge in [-0.3, -0.25) is 9.80 Å². The van der Waals surface area contributed by atoms with Gasteiger partial charge in [0.1, 0.15) is 34.2 Å². The fourth-order valence-corrected chi connectivity index (χ4v) is 6.46. The van der Waals surface area contributed by atoms with Crippen LogP contribution < -0.4 is 4.90 Å². The van der Waals surface area contributed by atoms with Crippen LogP contribution in [0.25, 0.3) is 21.8 Å². The van der Waals surface area contributed by atoms with Crippen LogP contribution in [0.1, 0.15) is 69.4 Å². The molecule has 4 aromatic rings. The van der Waals surface area contributed by atoms with Crippen molar-refractivity contribution in [3.63, 3.8) is 0 Å². The number of aromatic hydroxyl groups is 2. The summed E-state index contributed by atoms with van der Waals surface area (Å²) in [5, 5.41) is 23.7. The summed E-state index contributed by atoms with van der Waals surface area (Å²) in [5.74, 6) is 1.91. The van der Waals surface area contributed by atoms with Gasteiger partial charge in [0, 0.05) is 30.4 Å². The molecule has 4 heterocycles. The number of aromatic nitrogens is 2. The molecular formula is C34H43N5O2. The minimum atomic E-state index is 0.200. The smallest absolute Gasteiger partial charge is 0.141 e. The van der Waals surface area contributed by atoms with Crippen LogP contribution in [-0.4, -0.2) is 62.7 Å². The zero-order valence-electron chi connectivity index (χ0n) is 24.4. The zero-order valence-corrected chi connectivity index (χ0v) is 24.4. The molecule has 0 aliphatic carbocycles. The Bertz CT molecular complexity index is 1380. The summed E-state index contributed by atoms with van der Waals surface area (Å²) in [6, 6.07) is 16.0. The Morgan fingerprint density at radius 3 is 1.54 bits per heavy atom. The third-order valence-electron chi connectivity index (χ3n) is 8.80. The Morgan fingerprint density at radius 1 is 0.634 bits per heavy atom. The van der Waals surface area contributed by atoms with Crippen molar-refractivity contribution < 1.29 is 10.2 Å². The predicted octanol–water partition coefficient (Wildman–Crippen LogP) is 7.10. The summed E-state index contributed by atoms with van der Waals surface area (Å²) in [7, 11) is 0. The van der Waals surface area contributed by atoms with Crippen molar-refractivity contribution in [3.8, 4) is 11.5 Å². The van der Waals surface area contributed by atoms with Crippen molar-refractivity contribution in [1.29, 1.82) is 0 Å². The molecule has 2 saturated heterocycles. The molecule has 0 bridgehead atoms. The lowest BCUT2D eigenvalue weighted by Gasteiger charge is -2.27. The lowest BCUT2D eigenvalue weighted by molar-refractivity contribution is 0.221. The highest BCUT2D eigenvalue weighted by Gasteiger charge is 2.19. The molecule has 2 aromatic carbocycles. The molecule has 0 atom stereocenters. The van der Waals surface area contributed by atoms with Crippen LogP contribution in [0.4, 0.5) is 11.6 Å². The number of phenolic OH excluding ortho intramolecular Hbond substituents is 2. The van der Waals surface area contributed by atoms with Gasteiger partial charge in [-0.2, -0.15) is 0 Å². The van der Waals surface area contributed by atoms with E-state index in [1.165, 1.54) is 49.7 Å². The number of phenols is 2. The van der Waals surface area contributed by atoms with Gasteiger partial charge in [-0.15, -0.1) is 0 Å². The highest BCUT2D eigenvalue weighted by molar-refractivity contribution is 5.91. The van der Waals surface area contributed by atoms with Crippen LogP contribution in [-0.2, 0) is 13.1 Å². The molecule has 2 aromatic heterocycles. The minimum Gasteiger partial charge on any atom is -0.506 e. The number of piperidine rings is 2. The fraction of sp³-hybridized carbons (Fsp3) is 0.471. The van der Waals surface area contributed by atoms with E-state index in [4.69, 9.17) is 9.97 Å². The first-order valence-electron chi connectivity index (χ1n) is 15.6. The molecule has 0 radical (unpaired) electrons. The van der Waals surface area contributed by atoms with Crippen LogP contribution in [0.3, 0.4) is 0 Å². The van der Waals surface area contributed by atoms with Gasteiger partial charge in [0.2, 0.25) is 0 Å². The molecule has 2 N–H and O–H groups in total. The molecule has 7 heteroatoms. The van der Waals surface area contributed by atoms with Gasteiger partial charge < -0.3 is 15.1 Å². The number of hydrogen-bond acceptors (Lipinski definition) is 7. The van der Waals surface area contributed by atoms with Crippen molar-refractivity contribution in [2.24, 2.45) is 0 Å². The zero-order chi connectivity index (χ0) is 28.2. The van der Waals surface area contributed by atoms with E-state index in [0.717, 1.165) is 81.1 Å². The first-order valence-corrected chi connectivity index (χ1v) is 15.6. The maximum atomic E-state index is 10.8. The summed E-state index contributed by atoms with van der Waals surface area (Å²) in [6.07, 6.45) is 9.63. The summed E-state index contributed by atoms with van der Waals surface area (Å²) in [6.45, 7) is 9.17. The molecule has 2 aliphatic heterocycles. The van der Waals surface area contributed by atoms with Gasteiger partial charge in [0.25, 0.3) is 0 Å². The average Bonchev–Trinajstić information content (AvgIpc) is 3.01. The predicted molar refractivity (Wildman–Crippen MR) is 167 cm³/mol.